The number of aryl methyl sites for hydroxylation is 1. The molecule has 158 valence electrons. The average molecular weight is 410 g/mol. The first-order valence-corrected chi connectivity index (χ1v) is 9.27. The number of hydrogen-bond acceptors (Lipinski definition) is 2. The van der Waals surface area contributed by atoms with Crippen molar-refractivity contribution in [3.8, 4) is 11.5 Å². The maximum absolute atomic E-state index is 14.1. The Morgan fingerprint density at radius 2 is 1.72 bits per heavy atom. The first kappa shape index (κ1) is 22.7. The predicted octanol–water partition coefficient (Wildman–Crippen LogP) is 6.85. The molecule has 0 aliphatic carbocycles. The summed E-state index contributed by atoms with van der Waals surface area (Å²) in [6, 6.07) is 6.24. The van der Waals surface area contributed by atoms with Crippen LogP contribution >= 0.6 is 0 Å². The molecular weight excluding hydrogens is 384 g/mol. The van der Waals surface area contributed by atoms with Crippen molar-refractivity contribution in [1.82, 2.24) is 4.90 Å². The van der Waals surface area contributed by atoms with E-state index in [1.165, 1.54) is 30.6 Å². The van der Waals surface area contributed by atoms with Crippen molar-refractivity contribution in [2.75, 3.05) is 13.6 Å². The summed E-state index contributed by atoms with van der Waals surface area (Å²) in [5, 5.41) is 0. The van der Waals surface area contributed by atoms with Gasteiger partial charge < -0.3 is 9.64 Å². The Hall–Kier alpha value is -2.57. The van der Waals surface area contributed by atoms with Crippen molar-refractivity contribution >= 4 is 12.0 Å². The summed E-state index contributed by atoms with van der Waals surface area (Å²) < 4.78 is 60.6. The van der Waals surface area contributed by atoms with E-state index < -0.39 is 23.0 Å². The highest BCUT2D eigenvalue weighted by molar-refractivity contribution is 5.65. The summed E-state index contributed by atoms with van der Waals surface area (Å²) in [4.78, 5) is 5.91. The minimum atomic E-state index is -4.63. The number of nitrogens with zero attached hydrogens (tertiary/aromatic N) is 2. The van der Waals surface area contributed by atoms with Gasteiger partial charge >= 0.3 is 6.18 Å². The SMILES string of the molecule is CCN(C)/C=N\c1cc(C(F)(F)F)c(Oc2ccc(F)c(C(C)(C)C)c2)cc1C. The summed E-state index contributed by atoms with van der Waals surface area (Å²) in [7, 11) is 1.78. The lowest BCUT2D eigenvalue weighted by atomic mass is 9.86. The van der Waals surface area contributed by atoms with E-state index in [0.717, 1.165) is 6.07 Å². The Morgan fingerprint density at radius 3 is 2.28 bits per heavy atom. The van der Waals surface area contributed by atoms with Crippen LogP contribution in [0.25, 0.3) is 0 Å². The van der Waals surface area contributed by atoms with Crippen molar-refractivity contribution in [3.63, 3.8) is 0 Å². The highest BCUT2D eigenvalue weighted by atomic mass is 19.4. The normalized spacial score (nSPS) is 12.5. The van der Waals surface area contributed by atoms with Crippen LogP contribution < -0.4 is 4.74 Å². The third-order valence-corrected chi connectivity index (χ3v) is 4.47. The average Bonchev–Trinajstić information content (AvgIpc) is 2.60. The van der Waals surface area contributed by atoms with E-state index in [9.17, 15) is 17.6 Å². The molecule has 0 atom stereocenters. The third kappa shape index (κ3) is 5.71. The number of benzene rings is 2. The Morgan fingerprint density at radius 1 is 1.07 bits per heavy atom. The molecule has 0 fully saturated rings. The zero-order chi connectivity index (χ0) is 22.0. The van der Waals surface area contributed by atoms with Crippen LogP contribution in [0.4, 0.5) is 23.2 Å². The second-order valence-corrected chi connectivity index (χ2v) is 7.94. The molecule has 29 heavy (non-hydrogen) atoms. The van der Waals surface area contributed by atoms with Gasteiger partial charge in [-0.15, -0.1) is 0 Å². The monoisotopic (exact) mass is 410 g/mol. The largest absolute Gasteiger partial charge is 0.457 e. The Labute approximate surface area is 169 Å². The molecule has 0 heterocycles. The van der Waals surface area contributed by atoms with Gasteiger partial charge in [0.05, 0.1) is 12.0 Å². The first-order chi connectivity index (χ1) is 13.3. The van der Waals surface area contributed by atoms with Gasteiger partial charge in [-0.2, -0.15) is 13.2 Å². The smallest absolute Gasteiger partial charge is 0.420 e. The molecule has 2 aromatic rings. The minimum absolute atomic E-state index is 0.142. The lowest BCUT2D eigenvalue weighted by Crippen LogP contribution is -2.14. The van der Waals surface area contributed by atoms with Crippen molar-refractivity contribution in [3.05, 3.63) is 52.8 Å². The number of rotatable bonds is 5. The van der Waals surface area contributed by atoms with E-state index in [1.54, 1.807) is 18.9 Å². The maximum Gasteiger partial charge on any atom is 0.420 e. The van der Waals surface area contributed by atoms with Crippen LogP contribution in [0.5, 0.6) is 11.5 Å². The van der Waals surface area contributed by atoms with Gasteiger partial charge in [0.25, 0.3) is 0 Å². The fourth-order valence-corrected chi connectivity index (χ4v) is 2.63. The molecular formula is C22H26F4N2O. The van der Waals surface area contributed by atoms with Crippen molar-refractivity contribution in [2.45, 2.75) is 46.2 Å². The standard InChI is InChI=1S/C22H26F4N2O/c1-7-28(6)13-27-19-12-17(22(24,25)26)20(10-14(19)2)29-15-8-9-18(23)16(11-15)21(3,4)5/h8-13H,7H2,1-6H3/b27-13-. The Kier molecular flexibility index (Phi) is 6.60. The molecule has 0 amide bonds. The maximum atomic E-state index is 14.1. The molecule has 0 spiro atoms. The molecule has 7 heteroatoms. The molecule has 2 aromatic carbocycles. The van der Waals surface area contributed by atoms with Gasteiger partial charge in [-0.05, 0) is 60.7 Å². The van der Waals surface area contributed by atoms with E-state index >= 15 is 0 Å². The summed E-state index contributed by atoms with van der Waals surface area (Å²) in [6.45, 7) is 9.71. The predicted molar refractivity (Wildman–Crippen MR) is 108 cm³/mol. The highest BCUT2D eigenvalue weighted by Crippen LogP contribution is 2.42. The molecule has 2 rings (SSSR count). The highest BCUT2D eigenvalue weighted by Gasteiger charge is 2.35. The van der Waals surface area contributed by atoms with Crippen LogP contribution in [0.15, 0.2) is 35.3 Å². The summed E-state index contributed by atoms with van der Waals surface area (Å²) in [6.07, 6.45) is -3.14. The fourth-order valence-electron chi connectivity index (χ4n) is 2.63. The fraction of sp³-hybridized carbons (Fsp3) is 0.409. The molecule has 3 nitrogen and oxygen atoms in total. The number of aliphatic imine (C=N–C) groups is 1. The zero-order valence-corrected chi connectivity index (χ0v) is 17.5. The van der Waals surface area contributed by atoms with Crippen LogP contribution in [-0.2, 0) is 11.6 Å². The second kappa shape index (κ2) is 8.43. The van der Waals surface area contributed by atoms with E-state index in [4.69, 9.17) is 4.74 Å². The summed E-state index contributed by atoms with van der Waals surface area (Å²) in [5.74, 6) is -0.630. The summed E-state index contributed by atoms with van der Waals surface area (Å²) >= 11 is 0. The third-order valence-electron chi connectivity index (χ3n) is 4.47. The summed E-state index contributed by atoms with van der Waals surface area (Å²) in [5.41, 5.74) is -0.345. The molecule has 0 N–H and O–H groups in total. The molecule has 0 aliphatic rings. The van der Waals surface area contributed by atoms with Crippen molar-refractivity contribution in [2.24, 2.45) is 4.99 Å². The zero-order valence-electron chi connectivity index (χ0n) is 17.5. The van der Waals surface area contributed by atoms with Crippen molar-refractivity contribution in [1.29, 1.82) is 0 Å². The van der Waals surface area contributed by atoms with Crippen LogP contribution in [-0.4, -0.2) is 24.8 Å². The van der Waals surface area contributed by atoms with Crippen LogP contribution in [0.3, 0.4) is 0 Å². The number of halogens is 4. The van der Waals surface area contributed by atoms with Crippen LogP contribution in [0.2, 0.25) is 0 Å². The molecule has 0 saturated heterocycles. The van der Waals surface area contributed by atoms with E-state index in [1.807, 2.05) is 27.7 Å². The van der Waals surface area contributed by atoms with Crippen molar-refractivity contribution < 1.29 is 22.3 Å². The van der Waals surface area contributed by atoms with E-state index in [0.29, 0.717) is 17.7 Å². The number of ether oxygens (including phenoxy) is 1. The van der Waals surface area contributed by atoms with E-state index in [-0.39, 0.29) is 17.2 Å². The molecule has 0 aliphatic heterocycles. The van der Waals surface area contributed by atoms with Gasteiger partial charge in [-0.1, -0.05) is 20.8 Å². The second-order valence-electron chi connectivity index (χ2n) is 7.94. The molecule has 0 unspecified atom stereocenters. The van der Waals surface area contributed by atoms with Gasteiger partial charge in [0.2, 0.25) is 0 Å². The molecule has 0 aromatic heterocycles. The Bertz CT molecular complexity index is 899. The van der Waals surface area contributed by atoms with Gasteiger partial charge in [-0.3, -0.25) is 0 Å². The number of alkyl halides is 3. The molecule has 0 saturated carbocycles. The van der Waals surface area contributed by atoms with E-state index in [2.05, 4.69) is 4.99 Å². The quantitative estimate of drug-likeness (QED) is 0.306. The lowest BCUT2D eigenvalue weighted by molar-refractivity contribution is -0.138. The van der Waals surface area contributed by atoms with Gasteiger partial charge in [-0.25, -0.2) is 9.38 Å². The van der Waals surface area contributed by atoms with Crippen LogP contribution in [0, 0.1) is 12.7 Å². The van der Waals surface area contributed by atoms with Crippen LogP contribution in [0.1, 0.15) is 44.4 Å². The topological polar surface area (TPSA) is 24.8 Å². The lowest BCUT2D eigenvalue weighted by Gasteiger charge is -2.21. The first-order valence-electron chi connectivity index (χ1n) is 9.27. The van der Waals surface area contributed by atoms with Gasteiger partial charge in [0.1, 0.15) is 22.9 Å². The molecule has 0 radical (unpaired) electrons. The number of hydrogen-bond donors (Lipinski definition) is 0. The van der Waals surface area contributed by atoms with Gasteiger partial charge in [0, 0.05) is 13.6 Å². The minimum Gasteiger partial charge on any atom is -0.457 e. The Balaban J connectivity index is 2.50. The van der Waals surface area contributed by atoms with Gasteiger partial charge in [0.15, 0.2) is 0 Å². The molecule has 0 bridgehead atoms.